The van der Waals surface area contributed by atoms with Crippen molar-refractivity contribution in [2.24, 2.45) is 0 Å². The first-order valence-electron chi connectivity index (χ1n) is 10.6. The molecule has 3 aromatic rings. The van der Waals surface area contributed by atoms with Gasteiger partial charge in [-0.3, -0.25) is 9.59 Å². The number of amides is 2. The Kier molecular flexibility index (Phi) is 8.03. The lowest BCUT2D eigenvalue weighted by molar-refractivity contribution is -0.118. The number of para-hydroxylation sites is 3. The molecular formula is C27H25N3O4. The van der Waals surface area contributed by atoms with Crippen molar-refractivity contribution in [3.8, 4) is 17.6 Å². The zero-order chi connectivity index (χ0) is 24.5. The van der Waals surface area contributed by atoms with Crippen LogP contribution in [0.15, 0.2) is 72.3 Å². The smallest absolute Gasteiger partial charge is 0.266 e. The van der Waals surface area contributed by atoms with Crippen LogP contribution in [0, 0.1) is 25.2 Å². The van der Waals surface area contributed by atoms with Crippen molar-refractivity contribution in [3.63, 3.8) is 0 Å². The molecule has 0 heterocycles. The predicted molar refractivity (Wildman–Crippen MR) is 132 cm³/mol. The average molecular weight is 456 g/mol. The Hall–Kier alpha value is -4.57. The third-order valence-corrected chi connectivity index (χ3v) is 5.18. The lowest BCUT2D eigenvalue weighted by atomic mass is 10.1. The minimum Gasteiger partial charge on any atom is -0.495 e. The van der Waals surface area contributed by atoms with Crippen LogP contribution in [-0.2, 0) is 9.59 Å². The average Bonchev–Trinajstić information content (AvgIpc) is 2.85. The molecule has 34 heavy (non-hydrogen) atoms. The summed E-state index contributed by atoms with van der Waals surface area (Å²) in [6, 6.07) is 21.4. The standard InChI is InChI=1S/C27H25N3O4/c1-18-9-8-12-22(19(18)2)30-27(32)21(16-28)15-20-10-4-6-13-24(20)34-17-26(31)29-23-11-5-7-14-25(23)33-3/h4-15H,17H2,1-3H3,(H,29,31)(H,30,32). The van der Waals surface area contributed by atoms with Gasteiger partial charge in [-0.05, 0) is 55.3 Å². The van der Waals surface area contributed by atoms with Crippen LogP contribution < -0.4 is 20.1 Å². The molecule has 0 radical (unpaired) electrons. The number of aryl methyl sites for hydroxylation is 1. The Labute approximate surface area is 198 Å². The van der Waals surface area contributed by atoms with Gasteiger partial charge in [0.05, 0.1) is 12.8 Å². The van der Waals surface area contributed by atoms with E-state index in [4.69, 9.17) is 9.47 Å². The van der Waals surface area contributed by atoms with Gasteiger partial charge in [0.1, 0.15) is 23.1 Å². The van der Waals surface area contributed by atoms with E-state index in [1.165, 1.54) is 13.2 Å². The molecule has 0 spiro atoms. The Bertz CT molecular complexity index is 1270. The van der Waals surface area contributed by atoms with Gasteiger partial charge in [-0.25, -0.2) is 0 Å². The summed E-state index contributed by atoms with van der Waals surface area (Å²) in [7, 11) is 1.52. The number of nitriles is 1. The highest BCUT2D eigenvalue weighted by molar-refractivity contribution is 6.10. The fraction of sp³-hybridized carbons (Fsp3) is 0.148. The highest BCUT2D eigenvalue weighted by atomic mass is 16.5. The minimum absolute atomic E-state index is 0.0876. The summed E-state index contributed by atoms with van der Waals surface area (Å²) in [5, 5.41) is 15.1. The SMILES string of the molecule is COc1ccccc1NC(=O)COc1ccccc1C=C(C#N)C(=O)Nc1cccc(C)c1C. The maximum atomic E-state index is 12.7. The zero-order valence-corrected chi connectivity index (χ0v) is 19.2. The Morgan fingerprint density at radius 2 is 1.59 bits per heavy atom. The van der Waals surface area contributed by atoms with E-state index >= 15 is 0 Å². The van der Waals surface area contributed by atoms with Crippen LogP contribution in [0.1, 0.15) is 16.7 Å². The van der Waals surface area contributed by atoms with E-state index in [2.05, 4.69) is 10.6 Å². The first kappa shape index (κ1) is 24.1. The van der Waals surface area contributed by atoms with Crippen molar-refractivity contribution >= 4 is 29.3 Å². The van der Waals surface area contributed by atoms with Gasteiger partial charge in [0, 0.05) is 11.3 Å². The molecule has 2 N–H and O–H groups in total. The highest BCUT2D eigenvalue weighted by Crippen LogP contribution is 2.25. The molecule has 0 unspecified atom stereocenters. The van der Waals surface area contributed by atoms with Gasteiger partial charge in [0.2, 0.25) is 0 Å². The van der Waals surface area contributed by atoms with E-state index in [9.17, 15) is 14.9 Å². The Morgan fingerprint density at radius 1 is 0.912 bits per heavy atom. The molecule has 172 valence electrons. The fourth-order valence-corrected chi connectivity index (χ4v) is 3.19. The summed E-state index contributed by atoms with van der Waals surface area (Å²) >= 11 is 0. The molecule has 0 aromatic heterocycles. The molecule has 3 rings (SSSR count). The number of hydrogen-bond donors (Lipinski definition) is 2. The third-order valence-electron chi connectivity index (χ3n) is 5.18. The molecule has 0 aliphatic rings. The number of anilines is 2. The minimum atomic E-state index is -0.528. The molecule has 0 fully saturated rings. The molecule has 0 bridgehead atoms. The first-order chi connectivity index (χ1) is 16.4. The summed E-state index contributed by atoms with van der Waals surface area (Å²) in [5.74, 6) is -0.00552. The van der Waals surface area contributed by atoms with Crippen LogP contribution in [0.4, 0.5) is 11.4 Å². The van der Waals surface area contributed by atoms with Crippen LogP contribution in [0.2, 0.25) is 0 Å². The van der Waals surface area contributed by atoms with Crippen LogP contribution >= 0.6 is 0 Å². The number of nitrogens with zero attached hydrogens (tertiary/aromatic N) is 1. The molecule has 0 saturated carbocycles. The number of methoxy groups -OCH3 is 1. The van der Waals surface area contributed by atoms with Crippen molar-refractivity contribution in [2.75, 3.05) is 24.4 Å². The second-order valence-corrected chi connectivity index (χ2v) is 7.45. The fourth-order valence-electron chi connectivity index (χ4n) is 3.19. The second kappa shape index (κ2) is 11.3. The molecule has 0 aliphatic heterocycles. The van der Waals surface area contributed by atoms with Gasteiger partial charge < -0.3 is 20.1 Å². The molecule has 3 aromatic carbocycles. The van der Waals surface area contributed by atoms with Crippen molar-refractivity contribution < 1.29 is 19.1 Å². The van der Waals surface area contributed by atoms with Crippen molar-refractivity contribution in [3.05, 3.63) is 89.0 Å². The summed E-state index contributed by atoms with van der Waals surface area (Å²) in [6.45, 7) is 3.59. The number of ether oxygens (including phenoxy) is 2. The van der Waals surface area contributed by atoms with Gasteiger partial charge in [0.15, 0.2) is 6.61 Å². The summed E-state index contributed by atoms with van der Waals surface area (Å²) in [5.41, 5.74) is 3.55. The van der Waals surface area contributed by atoms with Crippen LogP contribution in [0.25, 0.3) is 6.08 Å². The van der Waals surface area contributed by atoms with Crippen LogP contribution in [-0.4, -0.2) is 25.5 Å². The number of nitrogens with one attached hydrogen (secondary N) is 2. The normalized spacial score (nSPS) is 10.7. The predicted octanol–water partition coefficient (Wildman–Crippen LogP) is 4.88. The van der Waals surface area contributed by atoms with Gasteiger partial charge in [-0.15, -0.1) is 0 Å². The van der Waals surface area contributed by atoms with Crippen molar-refractivity contribution in [1.82, 2.24) is 0 Å². The number of carbonyl (C=O) groups is 2. The van der Waals surface area contributed by atoms with Gasteiger partial charge in [0.25, 0.3) is 11.8 Å². The maximum Gasteiger partial charge on any atom is 0.266 e. The molecule has 0 aliphatic carbocycles. The topological polar surface area (TPSA) is 100 Å². The number of carbonyl (C=O) groups excluding carboxylic acids is 2. The molecule has 7 heteroatoms. The van der Waals surface area contributed by atoms with E-state index < -0.39 is 5.91 Å². The number of hydrogen-bond acceptors (Lipinski definition) is 5. The van der Waals surface area contributed by atoms with E-state index in [-0.39, 0.29) is 18.1 Å². The first-order valence-corrected chi connectivity index (χ1v) is 10.6. The molecule has 7 nitrogen and oxygen atoms in total. The monoisotopic (exact) mass is 455 g/mol. The summed E-state index contributed by atoms with van der Waals surface area (Å²) < 4.78 is 10.9. The largest absolute Gasteiger partial charge is 0.495 e. The molecular weight excluding hydrogens is 430 g/mol. The van der Waals surface area contributed by atoms with E-state index in [1.54, 1.807) is 54.6 Å². The maximum absolute atomic E-state index is 12.7. The highest BCUT2D eigenvalue weighted by Gasteiger charge is 2.14. The second-order valence-electron chi connectivity index (χ2n) is 7.45. The van der Waals surface area contributed by atoms with Crippen molar-refractivity contribution in [1.29, 1.82) is 5.26 Å². The number of benzene rings is 3. The molecule has 0 saturated heterocycles. The lowest BCUT2D eigenvalue weighted by Crippen LogP contribution is -2.20. The van der Waals surface area contributed by atoms with Crippen molar-refractivity contribution in [2.45, 2.75) is 13.8 Å². The third kappa shape index (κ3) is 6.02. The summed E-state index contributed by atoms with van der Waals surface area (Å²) in [6.07, 6.45) is 1.44. The Morgan fingerprint density at radius 3 is 2.32 bits per heavy atom. The van der Waals surface area contributed by atoms with Gasteiger partial charge in [-0.1, -0.05) is 42.5 Å². The number of rotatable bonds is 8. The molecule has 2 amide bonds. The van der Waals surface area contributed by atoms with Gasteiger partial charge >= 0.3 is 0 Å². The van der Waals surface area contributed by atoms with Gasteiger partial charge in [-0.2, -0.15) is 5.26 Å². The Balaban J connectivity index is 1.73. The van der Waals surface area contributed by atoms with Crippen LogP contribution in [0.3, 0.4) is 0 Å². The summed E-state index contributed by atoms with van der Waals surface area (Å²) in [4.78, 5) is 25.1. The quantitative estimate of drug-likeness (QED) is 0.373. The zero-order valence-electron chi connectivity index (χ0n) is 19.2. The van der Waals surface area contributed by atoms with Crippen LogP contribution in [0.5, 0.6) is 11.5 Å². The van der Waals surface area contributed by atoms with E-state index in [0.29, 0.717) is 28.4 Å². The lowest BCUT2D eigenvalue weighted by Gasteiger charge is -2.12. The van der Waals surface area contributed by atoms with E-state index in [0.717, 1.165) is 11.1 Å². The molecule has 0 atom stereocenters. The van der Waals surface area contributed by atoms with E-state index in [1.807, 2.05) is 32.0 Å².